The van der Waals surface area contributed by atoms with Gasteiger partial charge in [0.2, 0.25) is 5.91 Å². The summed E-state index contributed by atoms with van der Waals surface area (Å²) < 4.78 is 13.4. The molecular weight excluding hydrogens is 219 g/mol. The minimum absolute atomic E-state index is 0.227. The van der Waals surface area contributed by atoms with E-state index in [1.165, 1.54) is 25.8 Å². The molecule has 2 rings (SSSR count). The molecule has 1 aromatic carbocycles. The van der Waals surface area contributed by atoms with Gasteiger partial charge in [-0.2, -0.15) is 0 Å². The molecule has 0 spiro atoms. The van der Waals surface area contributed by atoms with Crippen LogP contribution in [0.5, 0.6) is 0 Å². The molecule has 1 saturated carbocycles. The van der Waals surface area contributed by atoms with E-state index < -0.39 is 5.82 Å². The zero-order chi connectivity index (χ0) is 12.4. The highest BCUT2D eigenvalue weighted by Crippen LogP contribution is 2.34. The lowest BCUT2D eigenvalue weighted by atomic mass is 10.2. The number of anilines is 2. The van der Waals surface area contributed by atoms with Gasteiger partial charge in [0.1, 0.15) is 5.82 Å². The number of carbonyl (C=O) groups is 1. The lowest BCUT2D eigenvalue weighted by Gasteiger charge is -2.15. The van der Waals surface area contributed by atoms with Gasteiger partial charge in [-0.1, -0.05) is 0 Å². The Morgan fingerprint density at radius 3 is 2.76 bits per heavy atom. The highest BCUT2D eigenvalue weighted by Gasteiger charge is 2.27. The fourth-order valence-corrected chi connectivity index (χ4v) is 1.88. The van der Waals surface area contributed by atoms with Gasteiger partial charge in [-0.3, -0.25) is 4.79 Å². The van der Waals surface area contributed by atoms with Gasteiger partial charge in [0.05, 0.1) is 5.69 Å². The van der Waals surface area contributed by atoms with Crippen LogP contribution in [0.3, 0.4) is 0 Å². The molecule has 0 radical (unpaired) electrons. The van der Waals surface area contributed by atoms with Gasteiger partial charge >= 0.3 is 0 Å². The first-order chi connectivity index (χ1) is 8.06. The van der Waals surface area contributed by atoms with Crippen LogP contribution in [0.1, 0.15) is 26.7 Å². The van der Waals surface area contributed by atoms with E-state index in [9.17, 15) is 9.18 Å². The molecule has 1 atom stereocenters. The van der Waals surface area contributed by atoms with Gasteiger partial charge in [-0.05, 0) is 43.9 Å². The van der Waals surface area contributed by atoms with Crippen LogP contribution >= 0.6 is 0 Å². The van der Waals surface area contributed by atoms with E-state index in [0.29, 0.717) is 6.04 Å². The number of nitrogens with one attached hydrogen (secondary N) is 2. The first kappa shape index (κ1) is 11.9. The molecular formula is C13H17FN2O. The summed E-state index contributed by atoms with van der Waals surface area (Å²) >= 11 is 0. The van der Waals surface area contributed by atoms with Crippen molar-refractivity contribution in [2.75, 3.05) is 10.6 Å². The third kappa shape index (κ3) is 3.19. The van der Waals surface area contributed by atoms with E-state index in [0.717, 1.165) is 11.6 Å². The monoisotopic (exact) mass is 236 g/mol. The maximum Gasteiger partial charge on any atom is 0.221 e. The van der Waals surface area contributed by atoms with Crippen LogP contribution in [0.25, 0.3) is 0 Å². The van der Waals surface area contributed by atoms with Crippen LogP contribution in [-0.2, 0) is 4.79 Å². The predicted molar refractivity (Wildman–Crippen MR) is 66.5 cm³/mol. The van der Waals surface area contributed by atoms with Crippen molar-refractivity contribution in [2.45, 2.75) is 32.7 Å². The average Bonchev–Trinajstić information content (AvgIpc) is 3.05. The van der Waals surface area contributed by atoms with Gasteiger partial charge < -0.3 is 10.6 Å². The Morgan fingerprint density at radius 2 is 2.18 bits per heavy atom. The lowest BCUT2D eigenvalue weighted by Crippen LogP contribution is -2.17. The summed E-state index contributed by atoms with van der Waals surface area (Å²) in [6, 6.07) is 5.09. The van der Waals surface area contributed by atoms with Gasteiger partial charge in [0, 0.05) is 18.7 Å². The normalized spacial score (nSPS) is 16.4. The first-order valence-electron chi connectivity index (χ1n) is 5.90. The molecule has 0 bridgehead atoms. The summed E-state index contributed by atoms with van der Waals surface area (Å²) in [5.74, 6) is 0.0467. The third-order valence-electron chi connectivity index (χ3n) is 3.00. The van der Waals surface area contributed by atoms with E-state index in [1.807, 2.05) is 0 Å². The third-order valence-corrected chi connectivity index (χ3v) is 3.00. The van der Waals surface area contributed by atoms with Gasteiger partial charge in [0.25, 0.3) is 0 Å². The number of rotatable bonds is 4. The second-order valence-electron chi connectivity index (χ2n) is 4.65. The Labute approximate surface area is 100 Å². The number of hydrogen-bond acceptors (Lipinski definition) is 2. The Morgan fingerprint density at radius 1 is 1.47 bits per heavy atom. The zero-order valence-corrected chi connectivity index (χ0v) is 10.1. The van der Waals surface area contributed by atoms with Crippen molar-refractivity contribution in [3.63, 3.8) is 0 Å². The maximum absolute atomic E-state index is 13.4. The first-order valence-corrected chi connectivity index (χ1v) is 5.90. The maximum atomic E-state index is 13.4. The molecule has 1 amide bonds. The standard InChI is InChI=1S/C13H17FN2O/c1-8(10-3-4-10)15-11-5-6-12(14)13(7-11)16-9(2)17/h5-8,10,15H,3-4H2,1-2H3,(H,16,17). The molecule has 1 fully saturated rings. The van der Waals surface area contributed by atoms with Crippen molar-refractivity contribution < 1.29 is 9.18 Å². The minimum Gasteiger partial charge on any atom is -0.382 e. The summed E-state index contributed by atoms with van der Waals surface area (Å²) in [5.41, 5.74) is 1.07. The summed E-state index contributed by atoms with van der Waals surface area (Å²) in [6.45, 7) is 3.49. The summed E-state index contributed by atoms with van der Waals surface area (Å²) in [7, 11) is 0. The highest BCUT2D eigenvalue weighted by atomic mass is 19.1. The van der Waals surface area contributed by atoms with Crippen LogP contribution in [0, 0.1) is 11.7 Å². The van der Waals surface area contributed by atoms with Crippen LogP contribution in [-0.4, -0.2) is 11.9 Å². The molecule has 1 aromatic rings. The largest absolute Gasteiger partial charge is 0.382 e. The molecule has 1 unspecified atom stereocenters. The Bertz CT molecular complexity index is 429. The molecule has 2 N–H and O–H groups in total. The second kappa shape index (κ2) is 4.73. The molecule has 3 nitrogen and oxygen atoms in total. The number of benzene rings is 1. The Balaban J connectivity index is 2.09. The van der Waals surface area contributed by atoms with Crippen molar-refractivity contribution in [3.8, 4) is 0 Å². The Hall–Kier alpha value is -1.58. The van der Waals surface area contributed by atoms with Crippen molar-refractivity contribution in [3.05, 3.63) is 24.0 Å². The molecule has 1 aliphatic carbocycles. The number of amides is 1. The van der Waals surface area contributed by atoms with E-state index in [1.54, 1.807) is 12.1 Å². The summed E-state index contributed by atoms with van der Waals surface area (Å²) in [5, 5.41) is 5.80. The predicted octanol–water partition coefficient (Wildman–Crippen LogP) is 2.99. The van der Waals surface area contributed by atoms with E-state index in [-0.39, 0.29) is 11.6 Å². The van der Waals surface area contributed by atoms with E-state index in [4.69, 9.17) is 0 Å². The SMILES string of the molecule is CC(=O)Nc1cc(NC(C)C2CC2)ccc1F. The van der Waals surface area contributed by atoms with E-state index >= 15 is 0 Å². The molecule has 92 valence electrons. The van der Waals surface area contributed by atoms with Crippen LogP contribution in [0.15, 0.2) is 18.2 Å². The van der Waals surface area contributed by atoms with Gasteiger partial charge in [-0.15, -0.1) is 0 Å². The van der Waals surface area contributed by atoms with Crippen molar-refractivity contribution >= 4 is 17.3 Å². The topological polar surface area (TPSA) is 41.1 Å². The lowest BCUT2D eigenvalue weighted by molar-refractivity contribution is -0.114. The molecule has 0 saturated heterocycles. The number of halogens is 1. The second-order valence-corrected chi connectivity index (χ2v) is 4.65. The van der Waals surface area contributed by atoms with Crippen molar-refractivity contribution in [1.29, 1.82) is 0 Å². The van der Waals surface area contributed by atoms with Crippen LogP contribution in [0.4, 0.5) is 15.8 Å². The van der Waals surface area contributed by atoms with Crippen molar-refractivity contribution in [2.24, 2.45) is 5.92 Å². The molecule has 4 heteroatoms. The molecule has 0 aromatic heterocycles. The molecule has 0 heterocycles. The smallest absolute Gasteiger partial charge is 0.221 e. The Kier molecular flexibility index (Phi) is 3.31. The fourth-order valence-electron chi connectivity index (χ4n) is 1.88. The molecule has 1 aliphatic rings. The summed E-state index contributed by atoms with van der Waals surface area (Å²) in [6.07, 6.45) is 2.52. The quantitative estimate of drug-likeness (QED) is 0.843. The molecule has 0 aliphatic heterocycles. The number of hydrogen-bond donors (Lipinski definition) is 2. The van der Waals surface area contributed by atoms with Crippen LogP contribution < -0.4 is 10.6 Å². The van der Waals surface area contributed by atoms with Crippen LogP contribution in [0.2, 0.25) is 0 Å². The number of carbonyl (C=O) groups excluding carboxylic acids is 1. The van der Waals surface area contributed by atoms with E-state index in [2.05, 4.69) is 17.6 Å². The van der Waals surface area contributed by atoms with Gasteiger partial charge in [-0.25, -0.2) is 4.39 Å². The fraction of sp³-hybridized carbons (Fsp3) is 0.462. The average molecular weight is 236 g/mol. The minimum atomic E-state index is -0.412. The van der Waals surface area contributed by atoms with Crippen molar-refractivity contribution in [1.82, 2.24) is 0 Å². The highest BCUT2D eigenvalue weighted by molar-refractivity contribution is 5.89. The molecule has 17 heavy (non-hydrogen) atoms. The zero-order valence-electron chi connectivity index (χ0n) is 10.1. The van der Waals surface area contributed by atoms with Gasteiger partial charge in [0.15, 0.2) is 0 Å². The summed E-state index contributed by atoms with van der Waals surface area (Å²) in [4.78, 5) is 10.9.